The van der Waals surface area contributed by atoms with E-state index in [2.05, 4.69) is 10.6 Å². The lowest BCUT2D eigenvalue weighted by Crippen LogP contribution is -2.32. The summed E-state index contributed by atoms with van der Waals surface area (Å²) >= 11 is 0. The number of amides is 2. The van der Waals surface area contributed by atoms with E-state index in [-0.39, 0.29) is 17.7 Å². The third-order valence-corrected chi connectivity index (χ3v) is 3.73. The predicted octanol–water partition coefficient (Wildman–Crippen LogP) is 2.15. The van der Waals surface area contributed by atoms with Crippen LogP contribution in [-0.2, 0) is 9.59 Å². The molecule has 1 fully saturated rings. The van der Waals surface area contributed by atoms with Crippen molar-refractivity contribution < 1.29 is 9.59 Å². The normalized spacial score (nSPS) is 20.9. The summed E-state index contributed by atoms with van der Waals surface area (Å²) in [7, 11) is 0. The Morgan fingerprint density at radius 1 is 1.00 bits per heavy atom. The Morgan fingerprint density at radius 2 is 1.62 bits per heavy atom. The Morgan fingerprint density at radius 3 is 2.29 bits per heavy atom. The van der Waals surface area contributed by atoms with Crippen molar-refractivity contribution in [2.45, 2.75) is 5.92 Å². The molecule has 106 valence electrons. The highest BCUT2D eigenvalue weighted by molar-refractivity contribution is 6.08. The third-order valence-electron chi connectivity index (χ3n) is 3.73. The van der Waals surface area contributed by atoms with Gasteiger partial charge in [0.25, 0.3) is 0 Å². The number of rotatable bonds is 3. The second-order valence-corrected chi connectivity index (χ2v) is 5.10. The number of hydrogen-bond donors (Lipinski definition) is 2. The quantitative estimate of drug-likeness (QED) is 0.846. The Balaban J connectivity index is 1.81. The summed E-state index contributed by atoms with van der Waals surface area (Å²) < 4.78 is 0. The highest BCUT2D eigenvalue weighted by Gasteiger charge is 2.40. The van der Waals surface area contributed by atoms with Crippen LogP contribution in [0.1, 0.15) is 11.5 Å². The molecule has 2 aromatic rings. The molecular weight excluding hydrogens is 264 g/mol. The summed E-state index contributed by atoms with van der Waals surface area (Å²) in [6.07, 6.45) is 0. The van der Waals surface area contributed by atoms with Crippen LogP contribution >= 0.6 is 0 Å². The van der Waals surface area contributed by atoms with Gasteiger partial charge in [0.15, 0.2) is 0 Å². The van der Waals surface area contributed by atoms with Gasteiger partial charge in [-0.25, -0.2) is 0 Å². The highest BCUT2D eigenvalue weighted by Crippen LogP contribution is 2.29. The summed E-state index contributed by atoms with van der Waals surface area (Å²) in [6, 6.07) is 18.9. The summed E-state index contributed by atoms with van der Waals surface area (Å²) in [5.41, 5.74) is 1.71. The van der Waals surface area contributed by atoms with Crippen molar-refractivity contribution in [3.8, 4) is 0 Å². The zero-order chi connectivity index (χ0) is 14.7. The molecule has 1 aliphatic heterocycles. The first-order valence-corrected chi connectivity index (χ1v) is 6.94. The summed E-state index contributed by atoms with van der Waals surface area (Å²) in [5, 5.41) is 5.60. The minimum absolute atomic E-state index is 0.123. The molecule has 0 aromatic heterocycles. The second kappa shape index (κ2) is 5.79. The van der Waals surface area contributed by atoms with E-state index in [0.29, 0.717) is 12.2 Å². The SMILES string of the molecule is O=C1NCC(c2ccccc2)C1C(=O)Nc1ccccc1. The lowest BCUT2D eigenvalue weighted by atomic mass is 9.88. The topological polar surface area (TPSA) is 58.2 Å². The summed E-state index contributed by atoms with van der Waals surface area (Å²) in [5.74, 6) is -1.28. The third kappa shape index (κ3) is 2.79. The first-order chi connectivity index (χ1) is 10.3. The Kier molecular flexibility index (Phi) is 3.69. The molecule has 2 N–H and O–H groups in total. The molecule has 4 heteroatoms. The van der Waals surface area contributed by atoms with E-state index in [1.807, 2.05) is 60.7 Å². The Bertz CT molecular complexity index is 640. The Hall–Kier alpha value is -2.62. The zero-order valence-corrected chi connectivity index (χ0v) is 11.5. The van der Waals surface area contributed by atoms with Crippen molar-refractivity contribution in [3.63, 3.8) is 0 Å². The van der Waals surface area contributed by atoms with E-state index in [1.165, 1.54) is 0 Å². The molecule has 0 radical (unpaired) electrons. The first-order valence-electron chi connectivity index (χ1n) is 6.94. The van der Waals surface area contributed by atoms with Crippen LogP contribution < -0.4 is 10.6 Å². The lowest BCUT2D eigenvalue weighted by molar-refractivity contribution is -0.130. The molecule has 4 nitrogen and oxygen atoms in total. The monoisotopic (exact) mass is 280 g/mol. The molecule has 2 amide bonds. The summed E-state index contributed by atoms with van der Waals surface area (Å²) in [6.45, 7) is 0.496. The van der Waals surface area contributed by atoms with E-state index >= 15 is 0 Å². The average molecular weight is 280 g/mol. The maximum Gasteiger partial charge on any atom is 0.237 e. The minimum Gasteiger partial charge on any atom is -0.355 e. The summed E-state index contributed by atoms with van der Waals surface area (Å²) in [4.78, 5) is 24.5. The van der Waals surface area contributed by atoms with Gasteiger partial charge in [-0.3, -0.25) is 9.59 Å². The minimum atomic E-state index is -0.687. The molecule has 1 heterocycles. The molecule has 2 aromatic carbocycles. The van der Waals surface area contributed by atoms with Gasteiger partial charge in [0.05, 0.1) is 0 Å². The lowest BCUT2D eigenvalue weighted by Gasteiger charge is -2.16. The molecule has 0 saturated carbocycles. The van der Waals surface area contributed by atoms with Gasteiger partial charge in [0.2, 0.25) is 11.8 Å². The van der Waals surface area contributed by atoms with Crippen molar-refractivity contribution in [3.05, 3.63) is 66.2 Å². The van der Waals surface area contributed by atoms with Crippen LogP contribution in [0.3, 0.4) is 0 Å². The molecule has 1 aliphatic rings. The number of hydrogen-bond acceptors (Lipinski definition) is 2. The maximum absolute atomic E-state index is 12.4. The fraction of sp³-hybridized carbons (Fsp3) is 0.176. The fourth-order valence-corrected chi connectivity index (χ4v) is 2.67. The number of nitrogens with one attached hydrogen (secondary N) is 2. The molecule has 0 aliphatic carbocycles. The number of anilines is 1. The van der Waals surface area contributed by atoms with Crippen molar-refractivity contribution in [2.24, 2.45) is 5.92 Å². The molecule has 3 rings (SSSR count). The van der Waals surface area contributed by atoms with Crippen LogP contribution in [-0.4, -0.2) is 18.4 Å². The molecule has 0 bridgehead atoms. The predicted molar refractivity (Wildman–Crippen MR) is 80.8 cm³/mol. The maximum atomic E-state index is 12.4. The van der Waals surface area contributed by atoms with Gasteiger partial charge in [0.1, 0.15) is 5.92 Å². The van der Waals surface area contributed by atoms with Gasteiger partial charge in [-0.1, -0.05) is 48.5 Å². The molecule has 1 saturated heterocycles. The van der Waals surface area contributed by atoms with Crippen LogP contribution in [0.5, 0.6) is 0 Å². The smallest absolute Gasteiger partial charge is 0.237 e. The zero-order valence-electron chi connectivity index (χ0n) is 11.5. The van der Waals surface area contributed by atoms with Crippen LogP contribution in [0.4, 0.5) is 5.69 Å². The molecular formula is C17H16N2O2. The van der Waals surface area contributed by atoms with E-state index in [0.717, 1.165) is 5.56 Å². The van der Waals surface area contributed by atoms with Gasteiger partial charge >= 0.3 is 0 Å². The first kappa shape index (κ1) is 13.4. The van der Waals surface area contributed by atoms with E-state index in [1.54, 1.807) is 0 Å². The van der Waals surface area contributed by atoms with Gasteiger partial charge in [-0.15, -0.1) is 0 Å². The fourth-order valence-electron chi connectivity index (χ4n) is 2.67. The van der Waals surface area contributed by atoms with E-state index < -0.39 is 5.92 Å². The van der Waals surface area contributed by atoms with Crippen LogP contribution in [0, 0.1) is 5.92 Å². The molecule has 0 spiro atoms. The molecule has 2 atom stereocenters. The van der Waals surface area contributed by atoms with Crippen molar-refractivity contribution in [2.75, 3.05) is 11.9 Å². The standard InChI is InChI=1S/C17H16N2O2/c20-16-15(17(21)19-13-9-5-2-6-10-13)14(11-18-16)12-7-3-1-4-8-12/h1-10,14-15H,11H2,(H,18,20)(H,19,21). The van der Waals surface area contributed by atoms with Crippen LogP contribution in [0.2, 0.25) is 0 Å². The second-order valence-electron chi connectivity index (χ2n) is 5.10. The molecule has 2 unspecified atom stereocenters. The number of carbonyl (C=O) groups is 2. The van der Waals surface area contributed by atoms with Crippen LogP contribution in [0.25, 0.3) is 0 Å². The highest BCUT2D eigenvalue weighted by atomic mass is 16.2. The van der Waals surface area contributed by atoms with E-state index in [9.17, 15) is 9.59 Å². The number of carbonyl (C=O) groups excluding carboxylic acids is 2. The van der Waals surface area contributed by atoms with Crippen molar-refractivity contribution in [1.82, 2.24) is 5.32 Å². The van der Waals surface area contributed by atoms with E-state index in [4.69, 9.17) is 0 Å². The van der Waals surface area contributed by atoms with Gasteiger partial charge in [-0.05, 0) is 17.7 Å². The van der Waals surface area contributed by atoms with Crippen molar-refractivity contribution in [1.29, 1.82) is 0 Å². The average Bonchev–Trinajstić information content (AvgIpc) is 2.91. The number of para-hydroxylation sites is 1. The largest absolute Gasteiger partial charge is 0.355 e. The molecule has 21 heavy (non-hydrogen) atoms. The van der Waals surface area contributed by atoms with Gasteiger partial charge < -0.3 is 10.6 Å². The van der Waals surface area contributed by atoms with Crippen LogP contribution in [0.15, 0.2) is 60.7 Å². The van der Waals surface area contributed by atoms with Crippen molar-refractivity contribution >= 4 is 17.5 Å². The number of benzene rings is 2. The van der Waals surface area contributed by atoms with Gasteiger partial charge in [-0.2, -0.15) is 0 Å². The van der Waals surface area contributed by atoms with Gasteiger partial charge in [0, 0.05) is 18.2 Å². The Labute approximate surface area is 123 Å².